The number of nitrogens with zero attached hydrogens (tertiary/aromatic N) is 2. The standard InChI is InChI=1S/C12H21N3O/c1-9(11-7-8-13-15(11)2)14-10-5-3-4-6-12(10)16/h7-10,12,14,16H,3-6H2,1-2H3. The minimum atomic E-state index is -0.190. The number of rotatable bonds is 3. The van der Waals surface area contributed by atoms with E-state index in [-0.39, 0.29) is 18.2 Å². The van der Waals surface area contributed by atoms with Gasteiger partial charge in [-0.25, -0.2) is 0 Å². The van der Waals surface area contributed by atoms with E-state index in [0.29, 0.717) is 0 Å². The summed E-state index contributed by atoms with van der Waals surface area (Å²) < 4.78 is 1.88. The maximum Gasteiger partial charge on any atom is 0.0693 e. The number of aliphatic hydroxyl groups excluding tert-OH is 1. The Morgan fingerprint density at radius 1 is 1.50 bits per heavy atom. The Labute approximate surface area is 96.7 Å². The second-order valence-corrected chi connectivity index (χ2v) is 4.73. The van der Waals surface area contributed by atoms with Gasteiger partial charge in [-0.15, -0.1) is 0 Å². The van der Waals surface area contributed by atoms with Crippen molar-refractivity contribution in [2.75, 3.05) is 0 Å². The quantitative estimate of drug-likeness (QED) is 0.814. The molecule has 1 fully saturated rings. The van der Waals surface area contributed by atoms with Crippen LogP contribution in [-0.2, 0) is 7.05 Å². The van der Waals surface area contributed by atoms with Gasteiger partial charge in [0.1, 0.15) is 0 Å². The van der Waals surface area contributed by atoms with Gasteiger partial charge in [-0.3, -0.25) is 4.68 Å². The molecule has 1 heterocycles. The molecule has 0 radical (unpaired) electrons. The van der Waals surface area contributed by atoms with E-state index in [2.05, 4.69) is 17.3 Å². The number of hydrogen-bond donors (Lipinski definition) is 2. The van der Waals surface area contributed by atoms with Crippen LogP contribution in [0.15, 0.2) is 12.3 Å². The van der Waals surface area contributed by atoms with Crippen LogP contribution in [0.25, 0.3) is 0 Å². The Kier molecular flexibility index (Phi) is 3.61. The van der Waals surface area contributed by atoms with Crippen LogP contribution < -0.4 is 5.32 Å². The first-order valence-electron chi connectivity index (χ1n) is 6.10. The lowest BCUT2D eigenvalue weighted by Crippen LogP contribution is -2.43. The first-order valence-corrected chi connectivity index (χ1v) is 6.10. The van der Waals surface area contributed by atoms with Crippen LogP contribution in [0.2, 0.25) is 0 Å². The second kappa shape index (κ2) is 4.97. The Morgan fingerprint density at radius 2 is 2.25 bits per heavy atom. The second-order valence-electron chi connectivity index (χ2n) is 4.73. The van der Waals surface area contributed by atoms with Crippen molar-refractivity contribution < 1.29 is 5.11 Å². The third-order valence-electron chi connectivity index (χ3n) is 3.50. The van der Waals surface area contributed by atoms with Gasteiger partial charge in [-0.2, -0.15) is 5.10 Å². The van der Waals surface area contributed by atoms with Gasteiger partial charge in [-0.05, 0) is 25.8 Å². The number of aliphatic hydroxyl groups is 1. The van der Waals surface area contributed by atoms with Crippen LogP contribution in [0.3, 0.4) is 0 Å². The maximum atomic E-state index is 9.90. The molecule has 3 unspecified atom stereocenters. The molecule has 1 aromatic heterocycles. The summed E-state index contributed by atoms with van der Waals surface area (Å²) in [7, 11) is 1.95. The number of aryl methyl sites for hydroxylation is 1. The fraction of sp³-hybridized carbons (Fsp3) is 0.750. The van der Waals surface area contributed by atoms with Crippen LogP contribution in [0.5, 0.6) is 0 Å². The largest absolute Gasteiger partial charge is 0.392 e. The molecule has 1 saturated carbocycles. The predicted octanol–water partition coefficient (Wildman–Crippen LogP) is 1.37. The summed E-state index contributed by atoms with van der Waals surface area (Å²) in [6.45, 7) is 2.12. The van der Waals surface area contributed by atoms with Crippen LogP contribution in [0.4, 0.5) is 0 Å². The minimum absolute atomic E-state index is 0.190. The SMILES string of the molecule is CC(NC1CCCCC1O)c1ccnn1C. The molecule has 1 aromatic rings. The Morgan fingerprint density at radius 3 is 2.88 bits per heavy atom. The third-order valence-corrected chi connectivity index (χ3v) is 3.50. The summed E-state index contributed by atoms with van der Waals surface area (Å²) in [6.07, 6.45) is 5.99. The van der Waals surface area contributed by atoms with Crippen LogP contribution in [-0.4, -0.2) is 27.0 Å². The fourth-order valence-corrected chi connectivity index (χ4v) is 2.52. The fourth-order valence-electron chi connectivity index (χ4n) is 2.52. The van der Waals surface area contributed by atoms with Crippen molar-refractivity contribution in [2.24, 2.45) is 7.05 Å². The highest BCUT2D eigenvalue weighted by atomic mass is 16.3. The van der Waals surface area contributed by atoms with E-state index in [1.807, 2.05) is 24.0 Å². The molecule has 0 aliphatic heterocycles. The van der Waals surface area contributed by atoms with E-state index < -0.39 is 0 Å². The average Bonchev–Trinajstić information content (AvgIpc) is 2.68. The van der Waals surface area contributed by atoms with Gasteiger partial charge >= 0.3 is 0 Å². The van der Waals surface area contributed by atoms with Gasteiger partial charge < -0.3 is 10.4 Å². The monoisotopic (exact) mass is 223 g/mol. The summed E-state index contributed by atoms with van der Waals surface area (Å²) in [6, 6.07) is 2.50. The van der Waals surface area contributed by atoms with Gasteiger partial charge in [0.25, 0.3) is 0 Å². The molecule has 0 spiro atoms. The normalized spacial score (nSPS) is 27.9. The van der Waals surface area contributed by atoms with Crippen LogP contribution >= 0.6 is 0 Å². The van der Waals surface area contributed by atoms with E-state index in [1.165, 1.54) is 6.42 Å². The molecule has 2 rings (SSSR count). The van der Waals surface area contributed by atoms with E-state index in [9.17, 15) is 5.11 Å². The molecule has 0 aromatic carbocycles. The Balaban J connectivity index is 1.96. The topological polar surface area (TPSA) is 50.1 Å². The molecule has 1 aliphatic rings. The minimum Gasteiger partial charge on any atom is -0.392 e. The highest BCUT2D eigenvalue weighted by Gasteiger charge is 2.24. The predicted molar refractivity (Wildman–Crippen MR) is 63.0 cm³/mol. The molecule has 4 heteroatoms. The van der Waals surface area contributed by atoms with Crippen molar-refractivity contribution >= 4 is 0 Å². The zero-order chi connectivity index (χ0) is 11.5. The number of aromatic nitrogens is 2. The zero-order valence-electron chi connectivity index (χ0n) is 10.1. The zero-order valence-corrected chi connectivity index (χ0v) is 10.1. The Hall–Kier alpha value is -0.870. The maximum absolute atomic E-state index is 9.90. The van der Waals surface area contributed by atoms with Crippen molar-refractivity contribution in [2.45, 2.75) is 50.8 Å². The van der Waals surface area contributed by atoms with E-state index in [4.69, 9.17) is 0 Å². The smallest absolute Gasteiger partial charge is 0.0693 e. The highest BCUT2D eigenvalue weighted by Crippen LogP contribution is 2.21. The molecule has 0 saturated heterocycles. The van der Waals surface area contributed by atoms with Gasteiger partial charge in [0.2, 0.25) is 0 Å². The summed E-state index contributed by atoms with van der Waals surface area (Å²) in [5.41, 5.74) is 1.16. The molecule has 2 N–H and O–H groups in total. The molecule has 0 amide bonds. The van der Waals surface area contributed by atoms with Crippen molar-refractivity contribution in [3.05, 3.63) is 18.0 Å². The van der Waals surface area contributed by atoms with Crippen LogP contribution in [0, 0.1) is 0 Å². The van der Waals surface area contributed by atoms with E-state index >= 15 is 0 Å². The molecular formula is C12H21N3O. The lowest BCUT2D eigenvalue weighted by molar-refractivity contribution is 0.0854. The van der Waals surface area contributed by atoms with Crippen LogP contribution in [0.1, 0.15) is 44.3 Å². The molecule has 1 aliphatic carbocycles. The Bertz CT molecular complexity index is 337. The summed E-state index contributed by atoms with van der Waals surface area (Å²) in [5.74, 6) is 0. The molecule has 90 valence electrons. The lowest BCUT2D eigenvalue weighted by atomic mass is 9.92. The van der Waals surface area contributed by atoms with E-state index in [0.717, 1.165) is 25.0 Å². The summed E-state index contributed by atoms with van der Waals surface area (Å²) in [5, 5.41) is 17.6. The van der Waals surface area contributed by atoms with Crippen molar-refractivity contribution in [3.8, 4) is 0 Å². The summed E-state index contributed by atoms with van der Waals surface area (Å²) in [4.78, 5) is 0. The third kappa shape index (κ3) is 2.44. The molecule has 0 bridgehead atoms. The number of nitrogens with one attached hydrogen (secondary N) is 1. The lowest BCUT2D eigenvalue weighted by Gasteiger charge is -2.31. The first-order chi connectivity index (χ1) is 7.68. The molecule has 4 nitrogen and oxygen atoms in total. The van der Waals surface area contributed by atoms with Gasteiger partial charge in [0.15, 0.2) is 0 Å². The van der Waals surface area contributed by atoms with Crippen molar-refractivity contribution in [3.63, 3.8) is 0 Å². The van der Waals surface area contributed by atoms with E-state index in [1.54, 1.807) is 0 Å². The van der Waals surface area contributed by atoms with Gasteiger partial charge in [-0.1, -0.05) is 12.8 Å². The summed E-state index contributed by atoms with van der Waals surface area (Å²) >= 11 is 0. The van der Waals surface area contributed by atoms with Crippen molar-refractivity contribution in [1.82, 2.24) is 15.1 Å². The first kappa shape index (κ1) is 11.6. The van der Waals surface area contributed by atoms with Gasteiger partial charge in [0, 0.05) is 25.3 Å². The van der Waals surface area contributed by atoms with Crippen molar-refractivity contribution in [1.29, 1.82) is 0 Å². The molecule has 16 heavy (non-hydrogen) atoms. The molecular weight excluding hydrogens is 202 g/mol. The van der Waals surface area contributed by atoms with Gasteiger partial charge in [0.05, 0.1) is 11.8 Å². The highest BCUT2D eigenvalue weighted by molar-refractivity contribution is 5.06. The average molecular weight is 223 g/mol. The molecule has 3 atom stereocenters. The number of hydrogen-bond acceptors (Lipinski definition) is 3.